The number of fused-ring (bicyclic) bond motifs is 2. The number of methoxy groups -OCH3 is 4. The Morgan fingerprint density at radius 3 is 1.52 bits per heavy atom. The van der Waals surface area contributed by atoms with Crippen LogP contribution < -0.4 is 60.6 Å². The number of nitrogens with zero attached hydrogens (tertiary/aromatic N) is 6. The minimum atomic E-state index is -5.06. The molecule has 0 aromatic heterocycles. The number of hydrazine groups is 1. The topological polar surface area (TPSA) is 448 Å². The van der Waals surface area contributed by atoms with Gasteiger partial charge >= 0.3 is 12.2 Å². The quantitative estimate of drug-likeness (QED) is 0.0318. The molecule has 8 aliphatic rings. The first-order valence-electron chi connectivity index (χ1n) is 40.6. The third-order valence-corrected chi connectivity index (χ3v) is 24.0. The van der Waals surface area contributed by atoms with E-state index in [-0.39, 0.29) is 164 Å². The fraction of sp³-hybridized carbons (Fsp3) is 0.482. The third kappa shape index (κ3) is 25.8. The number of hydrogen-bond donors (Lipinski definition) is 6. The number of Topliss-reactive ketones (excluding diaryl/α,β-unsaturated/α-hetero) is 2. The second-order valence-corrected chi connectivity index (χ2v) is 34.1. The molecular weight excluding hydrogens is 1650 g/mol. The molecule has 124 heavy (non-hydrogen) atoms. The summed E-state index contributed by atoms with van der Waals surface area (Å²) in [6.45, 7) is 17.8. The molecule has 2 fully saturated rings. The molecule has 0 spiro atoms. The van der Waals surface area contributed by atoms with Crippen LogP contribution in [0.3, 0.4) is 0 Å². The number of nitrogens with one attached hydrogen (secondary N) is 6. The van der Waals surface area contributed by atoms with Crippen LogP contribution in [0.25, 0.3) is 0 Å². The average Bonchev–Trinajstić information content (AvgIpc) is 1.60. The Morgan fingerprint density at radius 1 is 0.532 bits per heavy atom. The zero-order valence-electron chi connectivity index (χ0n) is 70.8. The Hall–Kier alpha value is -11.6. The number of rotatable bonds is 24. The molecule has 0 aliphatic carbocycles. The van der Waals surface area contributed by atoms with E-state index in [0.29, 0.717) is 61.0 Å². The van der Waals surface area contributed by atoms with E-state index in [0.717, 1.165) is 24.0 Å². The van der Waals surface area contributed by atoms with E-state index in [1.54, 1.807) is 48.1 Å². The summed E-state index contributed by atoms with van der Waals surface area (Å²) in [7, 11) is -4.26. The van der Waals surface area contributed by atoms with Gasteiger partial charge in [-0.05, 0) is 99.4 Å². The highest BCUT2D eigenvalue weighted by Crippen LogP contribution is 2.44. The first-order chi connectivity index (χ1) is 59.2. The van der Waals surface area contributed by atoms with Crippen molar-refractivity contribution in [3.05, 3.63) is 143 Å². The summed E-state index contributed by atoms with van der Waals surface area (Å²) in [5.41, 5.74) is 3.27. The van der Waals surface area contributed by atoms with Crippen molar-refractivity contribution >= 4 is 114 Å². The van der Waals surface area contributed by atoms with Gasteiger partial charge in [-0.15, -0.1) is 8.83 Å². The van der Waals surface area contributed by atoms with Gasteiger partial charge in [-0.3, -0.25) is 57.7 Å². The van der Waals surface area contributed by atoms with Gasteiger partial charge in [0.05, 0.1) is 108 Å². The van der Waals surface area contributed by atoms with Crippen LogP contribution in [0.1, 0.15) is 130 Å². The standard InChI is InChI=1S/C85H110N12O25S2/c1-12-123(110,111)95-49-63(98)40-55(5)78(102)90-67(26-28-76(100)86-30-15-14-16-32-114-8)80(104)89-61-24-20-59(21-25-61)52-122-85(109)97-57(7)69-39-54(4)47-93(69)83(107)66-43-73(117-11)75(45-71(66)97)120-34-17-33-119-74-44-70-65(42-72(74)116-10)82(106)92-46-53(3)38-62(92)48-94(70)84(108)121-51-58-18-22-60(23-19-58)88-81(105)68(27-29-77(101)87-31-35-118-37-36-115-9)91-79(103)56(6)41-64(99)50-96(95)124(112,113)13-2/h12-13,18-25,42-45,55-57,62,67-69H,1-4,14-17,26-41,46-52H2,5-11H3,(H,86,100)(H,87,101)(H,88,105)(H,89,104)(H,90,102)(H,91,103)/t55-,56-,57?,62+,67+,68+,69+/m1/s1. The number of sulfonamides is 2. The van der Waals surface area contributed by atoms with E-state index < -0.39 is 159 Å². The van der Waals surface area contributed by atoms with Crippen molar-refractivity contribution < 1.29 is 117 Å². The highest BCUT2D eigenvalue weighted by atomic mass is 32.2. The maximum absolute atomic E-state index is 14.8. The fourth-order valence-electron chi connectivity index (χ4n) is 14.5. The van der Waals surface area contributed by atoms with Crippen molar-refractivity contribution in [3.63, 3.8) is 0 Å². The molecule has 0 radical (unpaired) electrons. The molecule has 672 valence electrons. The Balaban J connectivity index is 1.02. The van der Waals surface area contributed by atoms with Gasteiger partial charge in [0.1, 0.15) is 36.9 Å². The van der Waals surface area contributed by atoms with Crippen molar-refractivity contribution in [1.82, 2.24) is 39.9 Å². The summed E-state index contributed by atoms with van der Waals surface area (Å²) in [5, 5.41) is 16.6. The summed E-state index contributed by atoms with van der Waals surface area (Å²) in [6.07, 6.45) is -1.46. The molecule has 8 bridgehead atoms. The Labute approximate surface area is 720 Å². The van der Waals surface area contributed by atoms with Crippen molar-refractivity contribution in [2.75, 3.05) is 134 Å². The molecule has 10 amide bonds. The SMILES string of the molecule is C=CS(=O)(=O)N1CC(=O)C[C@@H](C)C(=O)N[C@@H](CCC(=O)NCCCCCOC)C(=O)Nc2ccc(cc2)COC(=O)N2c3cc(c(OC)cc3C(=O)N3CC(=C)C[C@H]3C2C)OCCCOc2cc3c(cc2OC)C(=O)N2CC(=C)C[C@H]2CN3C(=O)OCc2ccc(cc2)NC(=O)[C@H](CCC(=O)NCCOCCOC)NC(=O)[C@H](C)CC(=O)CN1S(=O)(=O)C=C. The first-order valence-corrected chi connectivity index (χ1v) is 43.6. The van der Waals surface area contributed by atoms with E-state index in [2.05, 4.69) is 58.2 Å². The first kappa shape index (κ1) is 96.2. The van der Waals surface area contributed by atoms with Gasteiger partial charge in [0.15, 0.2) is 23.0 Å². The minimum absolute atomic E-state index is 0.0130. The van der Waals surface area contributed by atoms with Crippen LogP contribution in [0, 0.1) is 11.8 Å². The van der Waals surface area contributed by atoms with Crippen LogP contribution in [0.15, 0.2) is 121 Å². The van der Waals surface area contributed by atoms with Crippen molar-refractivity contribution in [2.45, 2.75) is 141 Å². The van der Waals surface area contributed by atoms with Crippen LogP contribution in [-0.2, 0) is 95.3 Å². The smallest absolute Gasteiger partial charge is 0.414 e. The van der Waals surface area contributed by atoms with Crippen molar-refractivity contribution in [1.29, 1.82) is 0 Å². The van der Waals surface area contributed by atoms with Crippen LogP contribution >= 0.6 is 0 Å². The molecule has 39 heteroatoms. The summed E-state index contributed by atoms with van der Waals surface area (Å²) in [5.74, 6) is -9.68. The monoisotopic (exact) mass is 1760 g/mol. The summed E-state index contributed by atoms with van der Waals surface area (Å²) < 4.78 is 107. The lowest BCUT2D eigenvalue weighted by Crippen LogP contribution is -2.52. The zero-order valence-corrected chi connectivity index (χ0v) is 72.4. The fourth-order valence-corrected chi connectivity index (χ4v) is 16.7. The lowest BCUT2D eigenvalue weighted by Gasteiger charge is -2.33. The number of ether oxygens (including phenoxy) is 9. The molecule has 4 aromatic carbocycles. The van der Waals surface area contributed by atoms with E-state index in [9.17, 15) is 74.4 Å². The van der Waals surface area contributed by atoms with E-state index >= 15 is 0 Å². The number of ketones is 2. The molecule has 4 aromatic rings. The van der Waals surface area contributed by atoms with Gasteiger partial charge in [-0.2, -0.15) is 0 Å². The van der Waals surface area contributed by atoms with Crippen molar-refractivity contribution in [2.24, 2.45) is 11.8 Å². The molecule has 8 aliphatic heterocycles. The minimum Gasteiger partial charge on any atom is -0.493 e. The number of unbranched alkanes of at least 4 members (excludes halogenated alkanes) is 2. The Morgan fingerprint density at radius 2 is 1.01 bits per heavy atom. The molecule has 0 saturated carbocycles. The lowest BCUT2D eigenvalue weighted by molar-refractivity contribution is -0.132. The molecule has 6 N–H and O–H groups in total. The van der Waals surface area contributed by atoms with Crippen LogP contribution in [0.4, 0.5) is 32.3 Å². The number of anilines is 4. The summed E-state index contributed by atoms with van der Waals surface area (Å²) in [6, 6.07) is 13.4. The number of carbonyl (C=O) groups is 12. The molecule has 7 atom stereocenters. The Kier molecular flexibility index (Phi) is 35.0. The second-order valence-electron chi connectivity index (χ2n) is 30.5. The van der Waals surface area contributed by atoms with E-state index in [1.165, 1.54) is 93.5 Å². The maximum Gasteiger partial charge on any atom is 0.414 e. The van der Waals surface area contributed by atoms with Gasteiger partial charge in [0.2, 0.25) is 55.5 Å². The molecule has 1 unspecified atom stereocenters. The average molecular weight is 1760 g/mol. The molecule has 8 heterocycles. The van der Waals surface area contributed by atoms with Crippen LogP contribution in [0.2, 0.25) is 0 Å². The lowest BCUT2D eigenvalue weighted by atomic mass is 10.0. The predicted octanol–water partition coefficient (Wildman–Crippen LogP) is 6.58. The third-order valence-electron chi connectivity index (χ3n) is 21.3. The van der Waals surface area contributed by atoms with Gasteiger partial charge in [0.25, 0.3) is 11.8 Å². The summed E-state index contributed by atoms with van der Waals surface area (Å²) in [4.78, 5) is 176. The number of carbonyl (C=O) groups excluding carboxylic acids is 12. The maximum atomic E-state index is 14.8. The number of hydrogen-bond acceptors (Lipinski definition) is 25. The molecule has 2 saturated heterocycles. The molecular formula is C85H110N12O25S2. The zero-order chi connectivity index (χ0) is 90.1. The molecule has 12 rings (SSSR count). The largest absolute Gasteiger partial charge is 0.493 e. The highest BCUT2D eigenvalue weighted by molar-refractivity contribution is 7.94. The summed E-state index contributed by atoms with van der Waals surface area (Å²) >= 11 is 0. The van der Waals surface area contributed by atoms with Crippen LogP contribution in [0.5, 0.6) is 23.0 Å². The van der Waals surface area contributed by atoms with Gasteiger partial charge in [-0.1, -0.05) is 75.6 Å². The van der Waals surface area contributed by atoms with E-state index in [1.807, 2.05) is 0 Å². The van der Waals surface area contributed by atoms with Crippen LogP contribution in [-0.4, -0.2) is 251 Å². The van der Waals surface area contributed by atoms with Gasteiger partial charge in [-0.25, -0.2) is 26.4 Å². The predicted molar refractivity (Wildman–Crippen MR) is 455 cm³/mol. The second kappa shape index (κ2) is 45.1. The van der Waals surface area contributed by atoms with Gasteiger partial charge in [0, 0.05) is 125 Å². The molecule has 37 nitrogen and oxygen atoms in total. The highest BCUT2D eigenvalue weighted by Gasteiger charge is 2.47. The van der Waals surface area contributed by atoms with Crippen molar-refractivity contribution in [3.8, 4) is 23.0 Å². The number of amides is 10. The van der Waals surface area contributed by atoms with Gasteiger partial charge < -0.3 is 84.3 Å². The number of benzene rings is 4. The van der Waals surface area contributed by atoms with E-state index in [4.69, 9.17) is 42.6 Å². The normalized spacial score (nSPS) is 21.4. The Bertz CT molecular complexity index is 4880.